The minimum atomic E-state index is 0. The van der Waals surface area contributed by atoms with Crippen LogP contribution in [0, 0.1) is 0 Å². The molecule has 1 fully saturated rings. The molecule has 0 aliphatic carbocycles. The van der Waals surface area contributed by atoms with Gasteiger partial charge in [0, 0.05) is 11.6 Å². The Morgan fingerprint density at radius 1 is 1.43 bits per heavy atom. The first-order chi connectivity index (χ1) is 6.29. The maximum Gasteiger partial charge on any atom is 0.134 e. The van der Waals surface area contributed by atoms with E-state index in [-0.39, 0.29) is 12.4 Å². The lowest BCUT2D eigenvalue weighted by molar-refractivity contribution is 0.453. The summed E-state index contributed by atoms with van der Waals surface area (Å²) in [5.41, 5.74) is 1.01. The minimum absolute atomic E-state index is 0. The Morgan fingerprint density at radius 2 is 2.21 bits per heavy atom. The molecule has 1 aromatic rings. The van der Waals surface area contributed by atoms with E-state index in [2.05, 4.69) is 21.2 Å². The van der Waals surface area contributed by atoms with Gasteiger partial charge < -0.3 is 10.4 Å². The molecule has 2 nitrogen and oxygen atoms in total. The Kier molecular flexibility index (Phi) is 4.23. The highest BCUT2D eigenvalue weighted by molar-refractivity contribution is 9.10. The number of hydrogen-bond acceptors (Lipinski definition) is 2. The van der Waals surface area contributed by atoms with Gasteiger partial charge in [-0.3, -0.25) is 0 Å². The van der Waals surface area contributed by atoms with Crippen LogP contribution >= 0.6 is 28.3 Å². The summed E-state index contributed by atoms with van der Waals surface area (Å²) in [7, 11) is 0. The summed E-state index contributed by atoms with van der Waals surface area (Å²) >= 11 is 3.32. The number of para-hydroxylation sites is 1. The molecular weight excluding hydrogens is 265 g/mol. The van der Waals surface area contributed by atoms with Crippen molar-refractivity contribution in [2.75, 3.05) is 6.54 Å². The van der Waals surface area contributed by atoms with Crippen molar-refractivity contribution in [3.05, 3.63) is 28.2 Å². The number of phenolic OH excluding ortho intramolecular Hbond substituents is 1. The van der Waals surface area contributed by atoms with Gasteiger partial charge in [0.15, 0.2) is 0 Å². The van der Waals surface area contributed by atoms with Gasteiger partial charge in [-0.15, -0.1) is 12.4 Å². The van der Waals surface area contributed by atoms with E-state index < -0.39 is 0 Å². The summed E-state index contributed by atoms with van der Waals surface area (Å²) in [6.45, 7) is 1.05. The molecule has 4 heteroatoms. The molecule has 1 aromatic carbocycles. The van der Waals surface area contributed by atoms with Gasteiger partial charge in [-0.25, -0.2) is 0 Å². The molecule has 14 heavy (non-hydrogen) atoms. The van der Waals surface area contributed by atoms with Crippen LogP contribution in [0.5, 0.6) is 5.75 Å². The minimum Gasteiger partial charge on any atom is -0.506 e. The zero-order chi connectivity index (χ0) is 9.26. The second kappa shape index (κ2) is 5.01. The van der Waals surface area contributed by atoms with Crippen LogP contribution in [0.3, 0.4) is 0 Å². The van der Waals surface area contributed by atoms with E-state index in [0.717, 1.165) is 23.0 Å². The van der Waals surface area contributed by atoms with Gasteiger partial charge in [-0.05, 0) is 41.4 Å². The van der Waals surface area contributed by atoms with Crippen molar-refractivity contribution in [1.82, 2.24) is 5.32 Å². The third-order valence-electron chi connectivity index (χ3n) is 2.45. The van der Waals surface area contributed by atoms with E-state index in [0.29, 0.717) is 11.8 Å². The molecule has 1 heterocycles. The lowest BCUT2D eigenvalue weighted by Crippen LogP contribution is -2.12. The highest BCUT2D eigenvalue weighted by Gasteiger charge is 2.19. The van der Waals surface area contributed by atoms with Crippen molar-refractivity contribution in [1.29, 1.82) is 0 Å². The predicted molar refractivity (Wildman–Crippen MR) is 63.0 cm³/mol. The number of aromatic hydroxyl groups is 1. The van der Waals surface area contributed by atoms with E-state index >= 15 is 0 Å². The fourth-order valence-corrected chi connectivity index (χ4v) is 2.14. The summed E-state index contributed by atoms with van der Waals surface area (Å²) in [6, 6.07) is 6.12. The van der Waals surface area contributed by atoms with Crippen molar-refractivity contribution < 1.29 is 5.11 Å². The Labute approximate surface area is 98.3 Å². The Bertz CT molecular complexity index is 313. The van der Waals surface area contributed by atoms with Gasteiger partial charge in [0.05, 0.1) is 4.47 Å². The molecule has 0 radical (unpaired) electrons. The number of rotatable bonds is 1. The van der Waals surface area contributed by atoms with Gasteiger partial charge >= 0.3 is 0 Å². The monoisotopic (exact) mass is 277 g/mol. The smallest absolute Gasteiger partial charge is 0.134 e. The SMILES string of the molecule is Cl.Oc1c(Br)cccc1[C@H]1CCCN1. The van der Waals surface area contributed by atoms with Crippen molar-refractivity contribution in [3.63, 3.8) is 0 Å². The molecule has 78 valence electrons. The zero-order valence-electron chi connectivity index (χ0n) is 7.66. The summed E-state index contributed by atoms with van der Waals surface area (Å²) in [4.78, 5) is 0. The number of phenols is 1. The molecule has 0 saturated carbocycles. The summed E-state index contributed by atoms with van der Waals surface area (Å²) < 4.78 is 0.777. The molecule has 1 atom stereocenters. The molecule has 0 spiro atoms. The van der Waals surface area contributed by atoms with E-state index in [1.807, 2.05) is 18.2 Å². The lowest BCUT2D eigenvalue weighted by Gasteiger charge is -2.12. The standard InChI is InChI=1S/C10H12BrNO.ClH/c11-8-4-1-3-7(10(8)13)9-5-2-6-12-9;/h1,3-4,9,12-13H,2,5-6H2;1H/t9-;/m1./s1. The molecule has 2 N–H and O–H groups in total. The van der Waals surface area contributed by atoms with Crippen LogP contribution in [0.4, 0.5) is 0 Å². The van der Waals surface area contributed by atoms with Gasteiger partial charge in [0.1, 0.15) is 5.75 Å². The van der Waals surface area contributed by atoms with Crippen molar-refractivity contribution >= 4 is 28.3 Å². The highest BCUT2D eigenvalue weighted by atomic mass is 79.9. The van der Waals surface area contributed by atoms with Gasteiger partial charge in [-0.2, -0.15) is 0 Å². The average molecular weight is 279 g/mol. The molecular formula is C10H13BrClNO. The van der Waals surface area contributed by atoms with Crippen LogP contribution < -0.4 is 5.32 Å². The second-order valence-electron chi connectivity index (χ2n) is 3.33. The van der Waals surface area contributed by atoms with Crippen molar-refractivity contribution in [3.8, 4) is 5.75 Å². The molecule has 2 rings (SSSR count). The van der Waals surface area contributed by atoms with Crippen LogP contribution in [-0.2, 0) is 0 Å². The zero-order valence-corrected chi connectivity index (χ0v) is 10.1. The molecule has 0 unspecified atom stereocenters. The van der Waals surface area contributed by atoms with Crippen LogP contribution in [0.1, 0.15) is 24.4 Å². The number of hydrogen-bond donors (Lipinski definition) is 2. The van der Waals surface area contributed by atoms with Crippen molar-refractivity contribution in [2.24, 2.45) is 0 Å². The average Bonchev–Trinajstić information content (AvgIpc) is 2.62. The number of halogens is 2. The Morgan fingerprint density at radius 3 is 2.86 bits per heavy atom. The Hall–Kier alpha value is -0.250. The molecule has 1 aliphatic heterocycles. The normalized spacial score (nSPS) is 20.5. The van der Waals surface area contributed by atoms with E-state index in [1.54, 1.807) is 0 Å². The first kappa shape index (κ1) is 11.8. The number of nitrogens with one attached hydrogen (secondary N) is 1. The summed E-state index contributed by atoms with van der Waals surface area (Å²) in [6.07, 6.45) is 2.31. The van der Waals surface area contributed by atoms with Crippen LogP contribution in [0.15, 0.2) is 22.7 Å². The molecule has 0 amide bonds. The topological polar surface area (TPSA) is 32.3 Å². The van der Waals surface area contributed by atoms with Gasteiger partial charge in [0.25, 0.3) is 0 Å². The molecule has 0 aromatic heterocycles. The summed E-state index contributed by atoms with van der Waals surface area (Å²) in [5, 5.41) is 13.1. The fraction of sp³-hybridized carbons (Fsp3) is 0.400. The second-order valence-corrected chi connectivity index (χ2v) is 4.18. The van der Waals surface area contributed by atoms with Gasteiger partial charge in [-0.1, -0.05) is 12.1 Å². The molecule has 1 aliphatic rings. The highest BCUT2D eigenvalue weighted by Crippen LogP contribution is 2.34. The van der Waals surface area contributed by atoms with Gasteiger partial charge in [0.2, 0.25) is 0 Å². The maximum absolute atomic E-state index is 9.77. The van der Waals surface area contributed by atoms with Crippen LogP contribution in [0.2, 0.25) is 0 Å². The summed E-state index contributed by atoms with van der Waals surface area (Å²) in [5.74, 6) is 0.377. The largest absolute Gasteiger partial charge is 0.506 e. The third kappa shape index (κ3) is 2.22. The van der Waals surface area contributed by atoms with Crippen LogP contribution in [0.25, 0.3) is 0 Å². The molecule has 1 saturated heterocycles. The quantitative estimate of drug-likeness (QED) is 0.828. The van der Waals surface area contributed by atoms with Crippen molar-refractivity contribution in [2.45, 2.75) is 18.9 Å². The maximum atomic E-state index is 9.77. The first-order valence-corrected chi connectivity index (χ1v) is 5.29. The first-order valence-electron chi connectivity index (χ1n) is 4.50. The fourth-order valence-electron chi connectivity index (χ4n) is 1.76. The Balaban J connectivity index is 0.000000980. The van der Waals surface area contributed by atoms with E-state index in [1.165, 1.54) is 6.42 Å². The third-order valence-corrected chi connectivity index (χ3v) is 3.09. The van der Waals surface area contributed by atoms with Crippen LogP contribution in [-0.4, -0.2) is 11.7 Å². The molecule has 0 bridgehead atoms. The lowest BCUT2D eigenvalue weighted by atomic mass is 10.0. The number of benzene rings is 1. The van der Waals surface area contributed by atoms with E-state index in [4.69, 9.17) is 0 Å². The van der Waals surface area contributed by atoms with E-state index in [9.17, 15) is 5.11 Å². The predicted octanol–water partition coefficient (Wildman–Crippen LogP) is 3.00.